The molecule has 0 saturated heterocycles. The average molecular weight is 372 g/mol. The fourth-order valence-corrected chi connectivity index (χ4v) is 2.13. The first-order valence-electron chi connectivity index (χ1n) is 6.87. The van der Waals surface area contributed by atoms with E-state index in [4.69, 9.17) is 14.2 Å². The van der Waals surface area contributed by atoms with Gasteiger partial charge in [0.15, 0.2) is 11.8 Å². The van der Waals surface area contributed by atoms with Crippen LogP contribution < -0.4 is 0 Å². The highest BCUT2D eigenvalue weighted by molar-refractivity contribution is 9.10. The molecule has 0 aliphatic carbocycles. The van der Waals surface area contributed by atoms with E-state index in [0.717, 1.165) is 9.99 Å². The van der Waals surface area contributed by atoms with Gasteiger partial charge in [0.2, 0.25) is 0 Å². The van der Waals surface area contributed by atoms with Crippen LogP contribution >= 0.6 is 15.9 Å². The van der Waals surface area contributed by atoms with Crippen molar-refractivity contribution in [1.82, 2.24) is 15.0 Å². The van der Waals surface area contributed by atoms with E-state index in [2.05, 4.69) is 30.9 Å². The molecule has 8 heteroatoms. The minimum atomic E-state index is -0.473. The number of hydrogen-bond acceptors (Lipinski definition) is 6. The molecule has 0 amide bonds. The first-order valence-corrected chi connectivity index (χ1v) is 7.66. The number of hydrogen-bond donors (Lipinski definition) is 1. The molecule has 2 heterocycles. The van der Waals surface area contributed by atoms with Crippen molar-refractivity contribution in [3.05, 3.63) is 22.6 Å². The van der Waals surface area contributed by atoms with Crippen molar-refractivity contribution in [3.8, 4) is 0 Å². The zero-order chi connectivity index (χ0) is 15.9. The number of methoxy groups -OCH3 is 1. The molecule has 1 atom stereocenters. The Balaban J connectivity index is 1.85. The van der Waals surface area contributed by atoms with Crippen molar-refractivity contribution in [2.45, 2.75) is 19.4 Å². The van der Waals surface area contributed by atoms with Crippen molar-refractivity contribution >= 4 is 33.1 Å². The van der Waals surface area contributed by atoms with Gasteiger partial charge in [-0.05, 0) is 28.9 Å². The Morgan fingerprint density at radius 1 is 1.41 bits per heavy atom. The molecule has 0 aliphatic rings. The third kappa shape index (κ3) is 4.75. The second kappa shape index (κ2) is 8.21. The third-order valence-corrected chi connectivity index (χ3v) is 3.33. The highest BCUT2D eigenvalue weighted by atomic mass is 79.9. The van der Waals surface area contributed by atoms with Crippen molar-refractivity contribution in [3.63, 3.8) is 0 Å². The van der Waals surface area contributed by atoms with Gasteiger partial charge in [-0.2, -0.15) is 0 Å². The summed E-state index contributed by atoms with van der Waals surface area (Å²) in [6.45, 7) is 3.04. The lowest BCUT2D eigenvalue weighted by Gasteiger charge is -2.10. The average Bonchev–Trinajstić information content (AvgIpc) is 2.90. The number of carbonyl (C=O) groups excluding carboxylic acids is 1. The molecule has 2 aromatic heterocycles. The van der Waals surface area contributed by atoms with Gasteiger partial charge in [0, 0.05) is 17.8 Å². The van der Waals surface area contributed by atoms with Crippen molar-refractivity contribution in [2.24, 2.45) is 0 Å². The number of ether oxygens (including phenoxy) is 3. The lowest BCUT2D eigenvalue weighted by molar-refractivity contribution is -0.150. The van der Waals surface area contributed by atoms with Crippen LogP contribution in [0.15, 0.2) is 16.7 Å². The van der Waals surface area contributed by atoms with Crippen molar-refractivity contribution in [2.75, 3.05) is 26.9 Å². The highest BCUT2D eigenvalue weighted by Gasteiger charge is 2.16. The number of fused-ring (bicyclic) bond motifs is 1. The summed E-state index contributed by atoms with van der Waals surface area (Å²) in [5, 5.41) is 0. The number of pyridine rings is 1. The van der Waals surface area contributed by atoms with Crippen molar-refractivity contribution < 1.29 is 19.0 Å². The summed E-state index contributed by atoms with van der Waals surface area (Å²) < 4.78 is 16.2. The Morgan fingerprint density at radius 2 is 2.23 bits per heavy atom. The quantitative estimate of drug-likeness (QED) is 0.566. The van der Waals surface area contributed by atoms with E-state index >= 15 is 0 Å². The molecule has 0 aliphatic heterocycles. The smallest absolute Gasteiger partial charge is 0.308 e. The summed E-state index contributed by atoms with van der Waals surface area (Å²) in [5.41, 5.74) is 1.37. The number of halogens is 1. The van der Waals surface area contributed by atoms with E-state index in [0.29, 0.717) is 31.3 Å². The molecule has 0 fully saturated rings. The molecule has 120 valence electrons. The Bertz CT molecular complexity index is 632. The molecule has 1 unspecified atom stereocenters. The van der Waals surface area contributed by atoms with E-state index in [1.807, 2.05) is 6.07 Å². The molecular formula is C14H18BrN3O4. The Labute approximate surface area is 136 Å². The van der Waals surface area contributed by atoms with Crippen LogP contribution in [0.1, 0.15) is 25.3 Å². The van der Waals surface area contributed by atoms with Gasteiger partial charge in [0.05, 0.1) is 31.8 Å². The van der Waals surface area contributed by atoms with E-state index < -0.39 is 6.10 Å². The minimum absolute atomic E-state index is 0.193. The number of nitrogens with one attached hydrogen (secondary N) is 1. The summed E-state index contributed by atoms with van der Waals surface area (Å²) in [6, 6.07) is 1.87. The highest BCUT2D eigenvalue weighted by Crippen LogP contribution is 2.20. The Hall–Kier alpha value is -1.51. The summed E-state index contributed by atoms with van der Waals surface area (Å²) in [6.07, 6.45) is 1.39. The van der Waals surface area contributed by atoms with Crippen molar-refractivity contribution in [1.29, 1.82) is 0 Å². The van der Waals surface area contributed by atoms with Crippen LogP contribution in [-0.2, 0) is 19.0 Å². The predicted octanol–water partition coefficient (Wildman–Crippen LogP) is 2.38. The first-order chi connectivity index (χ1) is 10.6. The lowest BCUT2D eigenvalue weighted by Crippen LogP contribution is -2.13. The summed E-state index contributed by atoms with van der Waals surface area (Å²) >= 11 is 3.35. The maximum atomic E-state index is 11.7. The Kier molecular flexibility index (Phi) is 6.29. The monoisotopic (exact) mass is 371 g/mol. The zero-order valence-corrected chi connectivity index (χ0v) is 14.1. The molecule has 2 aromatic rings. The molecule has 7 nitrogen and oxygen atoms in total. The number of nitrogens with zero attached hydrogens (tertiary/aromatic N) is 2. The van der Waals surface area contributed by atoms with E-state index in [-0.39, 0.29) is 12.4 Å². The summed E-state index contributed by atoms with van der Waals surface area (Å²) in [7, 11) is 1.60. The van der Waals surface area contributed by atoms with Gasteiger partial charge in [-0.15, -0.1) is 0 Å². The largest absolute Gasteiger partial charge is 0.454 e. The topological polar surface area (TPSA) is 86.3 Å². The maximum absolute atomic E-state index is 11.7. The van der Waals surface area contributed by atoms with Crippen LogP contribution in [0.2, 0.25) is 0 Å². The number of rotatable bonds is 8. The predicted molar refractivity (Wildman–Crippen MR) is 83.4 cm³/mol. The molecule has 0 radical (unpaired) electrons. The van der Waals surface area contributed by atoms with Gasteiger partial charge in [0.1, 0.15) is 5.82 Å². The number of aromatic amines is 1. The third-order valence-electron chi connectivity index (χ3n) is 2.90. The number of aromatic nitrogens is 3. The molecular weight excluding hydrogens is 354 g/mol. The van der Waals surface area contributed by atoms with Crippen LogP contribution in [0.4, 0.5) is 0 Å². The lowest BCUT2D eigenvalue weighted by atomic mass is 10.4. The second-order valence-electron chi connectivity index (χ2n) is 4.63. The summed E-state index contributed by atoms with van der Waals surface area (Å²) in [4.78, 5) is 23.3. The van der Waals surface area contributed by atoms with Crippen LogP contribution in [-0.4, -0.2) is 47.9 Å². The molecule has 0 aromatic carbocycles. The number of H-pyrrole nitrogens is 1. The SMILES string of the molecule is COCCOCCC(=O)OC(C)c1nc2ncc(Br)cc2[nH]1. The number of carbonyl (C=O) groups is 1. The fourth-order valence-electron chi connectivity index (χ4n) is 1.80. The minimum Gasteiger partial charge on any atom is -0.454 e. The molecule has 22 heavy (non-hydrogen) atoms. The number of esters is 1. The van der Waals surface area contributed by atoms with E-state index in [1.165, 1.54) is 0 Å². The van der Waals surface area contributed by atoms with Crippen LogP contribution in [0.25, 0.3) is 11.2 Å². The molecule has 2 rings (SSSR count). The molecule has 0 spiro atoms. The van der Waals surface area contributed by atoms with Gasteiger partial charge < -0.3 is 19.2 Å². The summed E-state index contributed by atoms with van der Waals surface area (Å²) in [5.74, 6) is 0.230. The molecule has 0 bridgehead atoms. The van der Waals surface area contributed by atoms with Gasteiger partial charge in [-0.25, -0.2) is 9.97 Å². The van der Waals surface area contributed by atoms with Crippen LogP contribution in [0.3, 0.4) is 0 Å². The molecule has 0 saturated carbocycles. The normalized spacial score (nSPS) is 12.5. The zero-order valence-electron chi connectivity index (χ0n) is 12.5. The van der Waals surface area contributed by atoms with Gasteiger partial charge in [-0.1, -0.05) is 0 Å². The Morgan fingerprint density at radius 3 is 3.00 bits per heavy atom. The van der Waals surface area contributed by atoms with E-state index in [9.17, 15) is 4.79 Å². The maximum Gasteiger partial charge on any atom is 0.308 e. The number of imidazole rings is 1. The van der Waals surface area contributed by atoms with Gasteiger partial charge >= 0.3 is 5.97 Å². The second-order valence-corrected chi connectivity index (χ2v) is 5.55. The van der Waals surface area contributed by atoms with Crippen LogP contribution in [0, 0.1) is 0 Å². The fraction of sp³-hybridized carbons (Fsp3) is 0.500. The van der Waals surface area contributed by atoms with E-state index in [1.54, 1.807) is 20.2 Å². The first kappa shape index (κ1) is 16.9. The van der Waals surface area contributed by atoms with Gasteiger partial charge in [0.25, 0.3) is 0 Å². The standard InChI is InChI=1S/C14H18BrN3O4/c1-9(22-12(19)3-4-21-6-5-20-2)13-17-11-7-10(15)8-16-14(11)18-13/h7-9H,3-6H2,1-2H3,(H,16,17,18). The molecule has 1 N–H and O–H groups in total. The van der Waals surface area contributed by atoms with Gasteiger partial charge in [-0.3, -0.25) is 4.79 Å². The van der Waals surface area contributed by atoms with Crippen LogP contribution in [0.5, 0.6) is 0 Å².